The van der Waals surface area contributed by atoms with E-state index in [1.54, 1.807) is 12.5 Å². The molecule has 0 aliphatic rings. The number of hydrogen-bond acceptors (Lipinski definition) is 5. The van der Waals surface area contributed by atoms with Gasteiger partial charge in [0.25, 0.3) is 0 Å². The number of ether oxygens (including phenoxy) is 1. The third-order valence-electron chi connectivity index (χ3n) is 3.02. The maximum Gasteiger partial charge on any atom is 0.325 e. The Bertz CT molecular complexity index is 702. The Kier molecular flexibility index (Phi) is 6.71. The molecule has 0 aliphatic heterocycles. The molecule has 0 bridgehead atoms. The predicted molar refractivity (Wildman–Crippen MR) is 94.5 cm³/mol. The summed E-state index contributed by atoms with van der Waals surface area (Å²) in [5.74, 6) is -0.131. The van der Waals surface area contributed by atoms with Crippen molar-refractivity contribution in [2.75, 3.05) is 30.9 Å². The zero-order valence-electron chi connectivity index (χ0n) is 13.6. The first-order valence-corrected chi connectivity index (χ1v) is 8.29. The number of aromatic nitrogens is 1. The van der Waals surface area contributed by atoms with Gasteiger partial charge in [-0.15, -0.1) is 11.3 Å². The van der Waals surface area contributed by atoms with Gasteiger partial charge in [0.15, 0.2) is 5.13 Å². The van der Waals surface area contributed by atoms with Crippen LogP contribution in [0.1, 0.15) is 11.3 Å². The molecule has 0 saturated heterocycles. The minimum atomic E-state index is -0.369. The van der Waals surface area contributed by atoms with Crippen molar-refractivity contribution in [3.8, 4) is 0 Å². The third kappa shape index (κ3) is 5.98. The van der Waals surface area contributed by atoms with Crippen molar-refractivity contribution in [1.82, 2.24) is 10.3 Å². The number of aryl methyl sites for hydroxylation is 1. The Morgan fingerprint density at radius 2 is 2.12 bits per heavy atom. The lowest BCUT2D eigenvalue weighted by Gasteiger charge is -2.06. The summed E-state index contributed by atoms with van der Waals surface area (Å²) in [4.78, 5) is 27.9. The Morgan fingerprint density at radius 1 is 1.29 bits per heavy atom. The summed E-state index contributed by atoms with van der Waals surface area (Å²) in [7, 11) is 1.58. The van der Waals surface area contributed by atoms with E-state index in [0.29, 0.717) is 29.7 Å². The average Bonchev–Trinajstić information content (AvgIpc) is 2.94. The summed E-state index contributed by atoms with van der Waals surface area (Å²) in [5.41, 5.74) is 2.38. The Labute approximate surface area is 144 Å². The molecule has 1 aromatic heterocycles. The van der Waals surface area contributed by atoms with Crippen molar-refractivity contribution in [2.24, 2.45) is 0 Å². The minimum Gasteiger partial charge on any atom is -0.383 e. The van der Waals surface area contributed by atoms with Crippen molar-refractivity contribution in [2.45, 2.75) is 13.3 Å². The van der Waals surface area contributed by atoms with Crippen LogP contribution in [0.15, 0.2) is 29.6 Å². The van der Waals surface area contributed by atoms with Crippen LogP contribution < -0.4 is 16.0 Å². The molecule has 3 amide bonds. The fraction of sp³-hybridized carbons (Fsp3) is 0.312. The number of nitrogens with one attached hydrogen (secondary N) is 3. The second kappa shape index (κ2) is 8.99. The highest BCUT2D eigenvalue weighted by Crippen LogP contribution is 2.16. The SMILES string of the molecule is COCCNC(=O)Cc1csc(NC(=O)Nc2cccc(C)c2)n1. The molecule has 128 valence electrons. The molecular weight excluding hydrogens is 328 g/mol. The number of nitrogens with zero attached hydrogens (tertiary/aromatic N) is 1. The molecule has 3 N–H and O–H groups in total. The van der Waals surface area contributed by atoms with Crippen molar-refractivity contribution in [1.29, 1.82) is 0 Å². The van der Waals surface area contributed by atoms with Gasteiger partial charge in [-0.2, -0.15) is 0 Å². The quantitative estimate of drug-likeness (QED) is 0.670. The summed E-state index contributed by atoms with van der Waals surface area (Å²) in [6.45, 7) is 2.88. The van der Waals surface area contributed by atoms with Gasteiger partial charge in [-0.05, 0) is 24.6 Å². The number of thiazole rings is 1. The molecule has 1 aromatic carbocycles. The lowest BCUT2D eigenvalue weighted by Crippen LogP contribution is -2.28. The van der Waals surface area contributed by atoms with E-state index in [0.717, 1.165) is 5.56 Å². The molecule has 7 nitrogen and oxygen atoms in total. The van der Waals surface area contributed by atoms with Gasteiger partial charge < -0.3 is 15.4 Å². The number of benzene rings is 1. The van der Waals surface area contributed by atoms with Crippen LogP contribution in [-0.2, 0) is 16.0 Å². The van der Waals surface area contributed by atoms with Gasteiger partial charge in [0, 0.05) is 24.7 Å². The standard InChI is InChI=1S/C16H20N4O3S/c1-11-4-3-5-12(8-11)18-15(22)20-16-19-13(10-24-16)9-14(21)17-6-7-23-2/h3-5,8,10H,6-7,9H2,1-2H3,(H,17,21)(H2,18,19,20,22). The largest absolute Gasteiger partial charge is 0.383 e. The fourth-order valence-corrected chi connectivity index (χ4v) is 2.65. The maximum absolute atomic E-state index is 12.0. The number of anilines is 2. The monoisotopic (exact) mass is 348 g/mol. The predicted octanol–water partition coefficient (Wildman–Crippen LogP) is 2.40. The molecule has 24 heavy (non-hydrogen) atoms. The molecule has 0 fully saturated rings. The van der Waals surface area contributed by atoms with Gasteiger partial charge in [-0.3, -0.25) is 10.1 Å². The van der Waals surface area contributed by atoms with E-state index in [1.165, 1.54) is 11.3 Å². The molecule has 1 heterocycles. The highest BCUT2D eigenvalue weighted by Gasteiger charge is 2.10. The molecule has 8 heteroatoms. The normalized spacial score (nSPS) is 10.2. The first kappa shape index (κ1) is 17.9. The lowest BCUT2D eigenvalue weighted by atomic mass is 10.2. The van der Waals surface area contributed by atoms with Crippen LogP contribution in [0.2, 0.25) is 0 Å². The van der Waals surface area contributed by atoms with Crippen LogP contribution in [0.3, 0.4) is 0 Å². The highest BCUT2D eigenvalue weighted by molar-refractivity contribution is 7.13. The van der Waals surface area contributed by atoms with E-state index in [1.807, 2.05) is 31.2 Å². The number of carbonyl (C=O) groups is 2. The highest BCUT2D eigenvalue weighted by atomic mass is 32.1. The van der Waals surface area contributed by atoms with Crippen LogP contribution in [0.25, 0.3) is 0 Å². The number of carbonyl (C=O) groups excluding carboxylic acids is 2. The van der Waals surface area contributed by atoms with Gasteiger partial charge >= 0.3 is 6.03 Å². The Balaban J connectivity index is 1.82. The van der Waals surface area contributed by atoms with E-state index in [-0.39, 0.29) is 18.4 Å². The molecule has 2 aromatic rings. The molecule has 2 rings (SSSR count). The first-order chi connectivity index (χ1) is 11.6. The van der Waals surface area contributed by atoms with Crippen LogP contribution in [0.4, 0.5) is 15.6 Å². The van der Waals surface area contributed by atoms with Gasteiger partial charge in [0.1, 0.15) is 0 Å². The van der Waals surface area contributed by atoms with Crippen LogP contribution >= 0.6 is 11.3 Å². The van der Waals surface area contributed by atoms with Gasteiger partial charge in [0.05, 0.1) is 18.7 Å². The number of urea groups is 1. The Morgan fingerprint density at radius 3 is 2.88 bits per heavy atom. The molecule has 0 unspecified atom stereocenters. The van der Waals surface area contributed by atoms with Crippen molar-refractivity contribution in [3.63, 3.8) is 0 Å². The zero-order valence-corrected chi connectivity index (χ0v) is 14.4. The molecule has 0 radical (unpaired) electrons. The second-order valence-electron chi connectivity index (χ2n) is 5.11. The fourth-order valence-electron chi connectivity index (χ4n) is 1.95. The third-order valence-corrected chi connectivity index (χ3v) is 3.82. The van der Waals surface area contributed by atoms with Crippen molar-refractivity contribution >= 4 is 34.1 Å². The number of methoxy groups -OCH3 is 1. The van der Waals surface area contributed by atoms with Crippen molar-refractivity contribution in [3.05, 3.63) is 40.9 Å². The second-order valence-corrected chi connectivity index (χ2v) is 5.97. The minimum absolute atomic E-state index is 0.131. The number of hydrogen-bond donors (Lipinski definition) is 3. The topological polar surface area (TPSA) is 92.4 Å². The average molecular weight is 348 g/mol. The van der Waals surface area contributed by atoms with Crippen molar-refractivity contribution < 1.29 is 14.3 Å². The molecule has 0 saturated carbocycles. The molecule has 0 atom stereocenters. The lowest BCUT2D eigenvalue weighted by molar-refractivity contribution is -0.120. The van der Waals surface area contributed by atoms with E-state index >= 15 is 0 Å². The smallest absolute Gasteiger partial charge is 0.325 e. The summed E-state index contributed by atoms with van der Waals surface area (Å²) in [6.07, 6.45) is 0.168. The van der Waals surface area contributed by atoms with Crippen LogP contribution in [-0.4, -0.2) is 37.2 Å². The van der Waals surface area contributed by atoms with E-state index < -0.39 is 0 Å². The summed E-state index contributed by atoms with van der Waals surface area (Å²) < 4.78 is 4.86. The van der Waals surface area contributed by atoms with Gasteiger partial charge in [-0.1, -0.05) is 12.1 Å². The number of amides is 3. The molecule has 0 aliphatic carbocycles. The molecular formula is C16H20N4O3S. The summed E-state index contributed by atoms with van der Waals surface area (Å²) in [6, 6.07) is 7.13. The van der Waals surface area contributed by atoms with Crippen LogP contribution in [0.5, 0.6) is 0 Å². The first-order valence-electron chi connectivity index (χ1n) is 7.41. The Hall–Kier alpha value is -2.45. The summed E-state index contributed by atoms with van der Waals surface area (Å²) >= 11 is 1.27. The summed E-state index contributed by atoms with van der Waals surface area (Å²) in [5, 5.41) is 10.3. The number of rotatable bonds is 7. The van der Waals surface area contributed by atoms with E-state index in [2.05, 4.69) is 20.9 Å². The molecule has 0 spiro atoms. The van der Waals surface area contributed by atoms with Gasteiger partial charge in [-0.25, -0.2) is 9.78 Å². The van der Waals surface area contributed by atoms with E-state index in [4.69, 9.17) is 4.74 Å². The van der Waals surface area contributed by atoms with E-state index in [9.17, 15) is 9.59 Å². The van der Waals surface area contributed by atoms with Gasteiger partial charge in [0.2, 0.25) is 5.91 Å². The zero-order chi connectivity index (χ0) is 17.4. The van der Waals surface area contributed by atoms with Crippen LogP contribution in [0, 0.1) is 6.92 Å². The maximum atomic E-state index is 12.0.